The van der Waals surface area contributed by atoms with Crippen molar-refractivity contribution in [3.63, 3.8) is 0 Å². The Bertz CT molecular complexity index is 2660. The SMILES string of the molecule is COc1cc(Nc2cc(Oc3ccc(NC(=O)Nc4cc(C(C)(C)C)cc(NS(C)(=O)=O)c4OC)c4ccccc34)ccn2)ccc1C(=O)N[C@@H](Cc1c[nH]cn1)C(=O)O. The molecule has 2 aromatic heterocycles. The molecule has 0 spiro atoms. The van der Waals surface area contributed by atoms with E-state index in [4.69, 9.17) is 14.2 Å². The maximum absolute atomic E-state index is 13.5. The fourth-order valence-electron chi connectivity index (χ4n) is 6.22. The van der Waals surface area contributed by atoms with Crippen LogP contribution in [0.15, 0.2) is 97.6 Å². The van der Waals surface area contributed by atoms with Crippen molar-refractivity contribution in [3.8, 4) is 23.0 Å². The van der Waals surface area contributed by atoms with Gasteiger partial charge >= 0.3 is 12.0 Å². The van der Waals surface area contributed by atoms with Crippen molar-refractivity contribution in [3.05, 3.63) is 114 Å². The number of pyridine rings is 1. The number of aromatic nitrogens is 3. The lowest BCUT2D eigenvalue weighted by molar-refractivity contribution is -0.139. The number of carboxylic acids is 1. The van der Waals surface area contributed by atoms with E-state index >= 15 is 0 Å². The number of hydrogen-bond donors (Lipinski definition) is 7. The number of methoxy groups -OCH3 is 2. The number of nitrogens with zero attached hydrogens (tertiary/aromatic N) is 2. The number of hydrogen-bond acceptors (Lipinski definition) is 11. The van der Waals surface area contributed by atoms with Gasteiger partial charge in [-0.3, -0.25) is 9.52 Å². The monoisotopic (exact) mass is 836 g/mol. The van der Waals surface area contributed by atoms with Gasteiger partial charge in [-0.2, -0.15) is 0 Å². The minimum absolute atomic E-state index is 0.00924. The molecule has 0 bridgehead atoms. The van der Waals surface area contributed by atoms with Gasteiger partial charge in [0.2, 0.25) is 10.0 Å². The molecule has 2 heterocycles. The van der Waals surface area contributed by atoms with E-state index in [0.717, 1.165) is 11.8 Å². The summed E-state index contributed by atoms with van der Waals surface area (Å²) in [6.45, 7) is 5.90. The predicted octanol–water partition coefficient (Wildman–Crippen LogP) is 7.25. The van der Waals surface area contributed by atoms with Crippen LogP contribution in [0.4, 0.5) is 33.4 Å². The van der Waals surface area contributed by atoms with Gasteiger partial charge in [-0.25, -0.2) is 28.0 Å². The van der Waals surface area contributed by atoms with Gasteiger partial charge in [0.1, 0.15) is 29.1 Å². The number of sulfonamides is 1. The number of carboxylic acid groups (broad SMARTS) is 1. The quantitative estimate of drug-likeness (QED) is 0.0542. The van der Waals surface area contributed by atoms with Crippen molar-refractivity contribution in [1.82, 2.24) is 20.3 Å². The highest BCUT2D eigenvalue weighted by Gasteiger charge is 2.25. The zero-order valence-electron chi connectivity index (χ0n) is 33.5. The molecular formula is C42H44N8O9S. The van der Waals surface area contributed by atoms with E-state index in [1.54, 1.807) is 60.9 Å². The molecule has 4 aromatic carbocycles. The number of fused-ring (bicyclic) bond motifs is 1. The summed E-state index contributed by atoms with van der Waals surface area (Å²) in [5.41, 5.74) is 2.47. The van der Waals surface area contributed by atoms with Gasteiger partial charge in [0.15, 0.2) is 5.75 Å². The average molecular weight is 837 g/mol. The fraction of sp³-hybridized carbons (Fsp3) is 0.214. The van der Waals surface area contributed by atoms with E-state index in [-0.39, 0.29) is 40.3 Å². The van der Waals surface area contributed by atoms with Crippen LogP contribution in [0.25, 0.3) is 10.8 Å². The summed E-state index contributed by atoms with van der Waals surface area (Å²) in [6.07, 6.45) is 5.58. The van der Waals surface area contributed by atoms with Gasteiger partial charge in [-0.1, -0.05) is 45.0 Å². The molecule has 6 rings (SSSR count). The molecule has 0 radical (unpaired) electrons. The van der Waals surface area contributed by atoms with E-state index < -0.39 is 34.0 Å². The molecule has 60 heavy (non-hydrogen) atoms. The van der Waals surface area contributed by atoms with E-state index in [1.807, 2.05) is 45.0 Å². The number of anilines is 5. The van der Waals surface area contributed by atoms with Crippen molar-refractivity contribution < 1.29 is 42.1 Å². The molecule has 17 nitrogen and oxygen atoms in total. The third-order valence-corrected chi connectivity index (χ3v) is 9.67. The fourth-order valence-corrected chi connectivity index (χ4v) is 6.77. The van der Waals surface area contributed by atoms with Crippen LogP contribution in [0.5, 0.6) is 23.0 Å². The van der Waals surface area contributed by atoms with Crippen LogP contribution < -0.4 is 40.2 Å². The first-order valence-electron chi connectivity index (χ1n) is 18.4. The largest absolute Gasteiger partial charge is 0.496 e. The Hall–Kier alpha value is -7.34. The molecule has 0 unspecified atom stereocenters. The Morgan fingerprint density at radius 2 is 1.58 bits per heavy atom. The lowest BCUT2D eigenvalue weighted by Crippen LogP contribution is -2.42. The molecule has 18 heteroatoms. The Kier molecular flexibility index (Phi) is 12.4. The van der Waals surface area contributed by atoms with Crippen LogP contribution in [-0.2, 0) is 26.7 Å². The molecule has 0 aliphatic carbocycles. The van der Waals surface area contributed by atoms with E-state index in [9.17, 15) is 27.9 Å². The molecule has 0 fully saturated rings. The smallest absolute Gasteiger partial charge is 0.326 e. The van der Waals surface area contributed by atoms with Crippen molar-refractivity contribution in [2.75, 3.05) is 41.1 Å². The van der Waals surface area contributed by atoms with Crippen molar-refractivity contribution in [1.29, 1.82) is 0 Å². The molecule has 3 amide bonds. The number of amides is 3. The number of ether oxygens (including phenoxy) is 3. The number of rotatable bonds is 15. The van der Waals surface area contributed by atoms with Gasteiger partial charge < -0.3 is 45.6 Å². The van der Waals surface area contributed by atoms with Crippen LogP contribution in [0.3, 0.4) is 0 Å². The van der Waals surface area contributed by atoms with Gasteiger partial charge in [0, 0.05) is 47.4 Å². The number of H-pyrrole nitrogens is 1. The number of aromatic amines is 1. The van der Waals surface area contributed by atoms with Crippen molar-refractivity contribution in [2.24, 2.45) is 0 Å². The van der Waals surface area contributed by atoms with Crippen LogP contribution in [0.2, 0.25) is 0 Å². The van der Waals surface area contributed by atoms with Gasteiger partial charge in [-0.15, -0.1) is 0 Å². The van der Waals surface area contributed by atoms with Crippen molar-refractivity contribution >= 4 is 67.3 Å². The van der Waals surface area contributed by atoms with Crippen LogP contribution in [-0.4, -0.2) is 72.9 Å². The number of imidazole rings is 1. The Morgan fingerprint density at radius 1 is 0.850 bits per heavy atom. The summed E-state index contributed by atoms with van der Waals surface area (Å²) in [6, 6.07) is 20.5. The number of carbonyl (C=O) groups is 3. The highest BCUT2D eigenvalue weighted by atomic mass is 32.2. The molecule has 0 saturated heterocycles. The number of urea groups is 1. The summed E-state index contributed by atoms with van der Waals surface area (Å²) in [5, 5.41) is 22.5. The Balaban J connectivity index is 1.17. The molecule has 0 aliphatic heterocycles. The topological polar surface area (TPSA) is 235 Å². The van der Waals surface area contributed by atoms with Gasteiger partial charge in [-0.05, 0) is 53.4 Å². The summed E-state index contributed by atoms with van der Waals surface area (Å²) < 4.78 is 44.2. The molecule has 0 saturated carbocycles. The minimum Gasteiger partial charge on any atom is -0.496 e. The van der Waals surface area contributed by atoms with Gasteiger partial charge in [0.25, 0.3) is 5.91 Å². The summed E-state index contributed by atoms with van der Waals surface area (Å²) in [7, 11) is -0.871. The third-order valence-electron chi connectivity index (χ3n) is 9.08. The standard InChI is InChI=1S/C42H44N8O9S/c1-42(2,3)24-17-32(38(58-5)33(18-24)50-60(6,55)56)49-41(54)48-31-13-14-35(29-10-8-7-9-28(29)31)59-27-15-16-44-37(21-27)46-25-11-12-30(36(20-25)57-4)39(51)47-34(40(52)53)19-26-22-43-23-45-26/h7-18,20-23,34,50H,19H2,1-6H3,(H,43,45)(H,44,46)(H,47,51)(H,52,53)(H2,48,49,54)/t34-/m0/s1. The molecule has 1 atom stereocenters. The first kappa shape index (κ1) is 42.3. The Morgan fingerprint density at radius 3 is 2.25 bits per heavy atom. The normalized spacial score (nSPS) is 11.9. The molecule has 0 aliphatic rings. The molecule has 312 valence electrons. The molecule has 6 aromatic rings. The number of carbonyl (C=O) groups excluding carboxylic acids is 2. The zero-order chi connectivity index (χ0) is 43.2. The average Bonchev–Trinajstić information content (AvgIpc) is 3.71. The lowest BCUT2D eigenvalue weighted by atomic mass is 9.86. The van der Waals surface area contributed by atoms with Crippen LogP contribution in [0, 0.1) is 0 Å². The third kappa shape index (κ3) is 10.4. The number of benzene rings is 4. The molecular weight excluding hydrogens is 793 g/mol. The second-order valence-corrected chi connectivity index (χ2v) is 16.4. The summed E-state index contributed by atoms with van der Waals surface area (Å²) in [4.78, 5) is 49.7. The van der Waals surface area contributed by atoms with E-state index in [0.29, 0.717) is 45.2 Å². The van der Waals surface area contributed by atoms with Crippen LogP contribution in [0.1, 0.15) is 42.4 Å². The second-order valence-electron chi connectivity index (χ2n) is 14.6. The maximum atomic E-state index is 13.5. The lowest BCUT2D eigenvalue weighted by Gasteiger charge is -2.24. The summed E-state index contributed by atoms with van der Waals surface area (Å²) >= 11 is 0. The van der Waals surface area contributed by atoms with E-state index in [1.165, 1.54) is 26.6 Å². The first-order chi connectivity index (χ1) is 28.5. The highest BCUT2D eigenvalue weighted by molar-refractivity contribution is 7.92. The van der Waals surface area contributed by atoms with E-state index in [2.05, 4.69) is 40.9 Å². The van der Waals surface area contributed by atoms with Crippen LogP contribution >= 0.6 is 0 Å². The Labute approximate surface area is 345 Å². The maximum Gasteiger partial charge on any atom is 0.326 e. The predicted molar refractivity (Wildman–Crippen MR) is 229 cm³/mol. The van der Waals surface area contributed by atoms with Crippen molar-refractivity contribution in [2.45, 2.75) is 38.6 Å². The highest BCUT2D eigenvalue weighted by Crippen LogP contribution is 2.40. The number of aliphatic carboxylic acids is 1. The zero-order valence-corrected chi connectivity index (χ0v) is 34.4. The first-order valence-corrected chi connectivity index (χ1v) is 20.3. The number of nitrogens with one attached hydrogen (secondary N) is 6. The minimum atomic E-state index is -3.66. The van der Waals surface area contributed by atoms with Gasteiger partial charge in [0.05, 0.1) is 55.1 Å². The second kappa shape index (κ2) is 17.7. The molecule has 7 N–H and O–H groups in total. The summed E-state index contributed by atoms with van der Waals surface area (Å²) in [5.74, 6) is -0.134.